The molecule has 0 bridgehead atoms. The number of carbonyl (C=O) groups is 1. The minimum atomic E-state index is -1.72. The van der Waals surface area contributed by atoms with Gasteiger partial charge in [0.2, 0.25) is 5.91 Å². The standard InChI is InChI=1S/C13H25NO5Si/c1-7(15)14-8-9(16-2)11(17-3)13(12-10(8)18-12)19-20(4,5)6/h8-13H,1-6H3,(H,14,15). The molecule has 1 heterocycles. The van der Waals surface area contributed by atoms with Crippen LogP contribution in [0.25, 0.3) is 0 Å². The number of amides is 1. The molecule has 2 rings (SSSR count). The largest absolute Gasteiger partial charge is 0.409 e. The van der Waals surface area contributed by atoms with Crippen molar-refractivity contribution >= 4 is 14.2 Å². The zero-order valence-electron chi connectivity index (χ0n) is 13.0. The Labute approximate surface area is 121 Å². The number of hydrogen-bond acceptors (Lipinski definition) is 5. The Morgan fingerprint density at radius 3 is 2.10 bits per heavy atom. The van der Waals surface area contributed by atoms with Gasteiger partial charge in [-0.2, -0.15) is 0 Å². The molecule has 0 radical (unpaired) electrons. The number of rotatable bonds is 5. The number of nitrogens with one attached hydrogen (secondary N) is 1. The van der Waals surface area contributed by atoms with Crippen LogP contribution in [-0.4, -0.2) is 65.0 Å². The lowest BCUT2D eigenvalue weighted by molar-refractivity contribution is -0.130. The molecule has 6 unspecified atom stereocenters. The Hall–Kier alpha value is -0.473. The maximum atomic E-state index is 11.4. The molecule has 2 fully saturated rings. The van der Waals surface area contributed by atoms with Gasteiger partial charge in [-0.3, -0.25) is 4.79 Å². The van der Waals surface area contributed by atoms with Gasteiger partial charge in [-0.25, -0.2) is 0 Å². The lowest BCUT2D eigenvalue weighted by Gasteiger charge is -2.40. The fraction of sp³-hybridized carbons (Fsp3) is 0.923. The van der Waals surface area contributed by atoms with Gasteiger partial charge < -0.3 is 24.0 Å². The highest BCUT2D eigenvalue weighted by atomic mass is 28.4. The van der Waals surface area contributed by atoms with E-state index >= 15 is 0 Å². The van der Waals surface area contributed by atoms with E-state index in [-0.39, 0.29) is 42.5 Å². The van der Waals surface area contributed by atoms with Gasteiger partial charge in [0, 0.05) is 21.1 Å². The van der Waals surface area contributed by atoms with Crippen molar-refractivity contribution in [3.8, 4) is 0 Å². The molecule has 6 atom stereocenters. The van der Waals surface area contributed by atoms with Crippen LogP contribution in [0.3, 0.4) is 0 Å². The second kappa shape index (κ2) is 5.73. The SMILES string of the molecule is COC1C(NC(C)=O)C2OC2C(O[Si](C)(C)C)C1OC. The summed E-state index contributed by atoms with van der Waals surface area (Å²) < 4.78 is 23.1. The number of fused-ring (bicyclic) bond motifs is 1. The quantitative estimate of drug-likeness (QED) is 0.592. The van der Waals surface area contributed by atoms with Gasteiger partial charge in [-0.15, -0.1) is 0 Å². The normalized spacial score (nSPS) is 40.1. The van der Waals surface area contributed by atoms with Gasteiger partial charge in [0.25, 0.3) is 0 Å². The van der Waals surface area contributed by atoms with Crippen molar-refractivity contribution in [1.82, 2.24) is 5.32 Å². The van der Waals surface area contributed by atoms with Crippen molar-refractivity contribution in [2.75, 3.05) is 14.2 Å². The summed E-state index contributed by atoms with van der Waals surface area (Å²) in [5, 5.41) is 2.91. The minimum absolute atomic E-state index is 0.0186. The predicted octanol–water partition coefficient (Wildman–Crippen LogP) is 0.522. The maximum absolute atomic E-state index is 11.4. The summed E-state index contributed by atoms with van der Waals surface area (Å²) in [7, 11) is 1.55. The first-order valence-electron chi connectivity index (χ1n) is 6.94. The zero-order chi connectivity index (χ0) is 15.1. The maximum Gasteiger partial charge on any atom is 0.217 e. The van der Waals surface area contributed by atoms with Gasteiger partial charge in [0.1, 0.15) is 30.5 Å². The lowest BCUT2D eigenvalue weighted by atomic mass is 9.87. The minimum Gasteiger partial charge on any atom is -0.409 e. The Morgan fingerprint density at radius 2 is 1.65 bits per heavy atom. The van der Waals surface area contributed by atoms with Gasteiger partial charge in [-0.05, 0) is 19.6 Å². The molecule has 2 aliphatic rings. The van der Waals surface area contributed by atoms with Crippen LogP contribution < -0.4 is 5.32 Å². The second-order valence-corrected chi connectivity index (χ2v) is 10.8. The summed E-state index contributed by atoms with van der Waals surface area (Å²) in [6.07, 6.45) is -0.709. The molecular weight excluding hydrogens is 278 g/mol. The van der Waals surface area contributed by atoms with Gasteiger partial charge in [0.15, 0.2) is 8.32 Å². The van der Waals surface area contributed by atoms with E-state index in [2.05, 4.69) is 25.0 Å². The Balaban J connectivity index is 2.17. The number of epoxide rings is 1. The molecule has 0 aromatic heterocycles. The fourth-order valence-corrected chi connectivity index (χ4v) is 4.03. The second-order valence-electron chi connectivity index (χ2n) is 6.39. The van der Waals surface area contributed by atoms with E-state index in [1.165, 1.54) is 6.92 Å². The van der Waals surface area contributed by atoms with Crippen LogP contribution in [0.1, 0.15) is 6.92 Å². The molecular formula is C13H25NO5Si. The highest BCUT2D eigenvalue weighted by Crippen LogP contribution is 2.41. The monoisotopic (exact) mass is 303 g/mol. The van der Waals surface area contributed by atoms with Crippen molar-refractivity contribution in [2.45, 2.75) is 63.1 Å². The Kier molecular flexibility index (Phi) is 4.55. The third-order valence-corrected chi connectivity index (χ3v) is 4.62. The van der Waals surface area contributed by atoms with Crippen LogP contribution in [0.4, 0.5) is 0 Å². The molecule has 0 aromatic rings. The van der Waals surface area contributed by atoms with Gasteiger partial charge in [0.05, 0.1) is 6.04 Å². The van der Waals surface area contributed by atoms with Crippen LogP contribution in [0.2, 0.25) is 19.6 Å². The first-order chi connectivity index (χ1) is 9.28. The average Bonchev–Trinajstić information content (AvgIpc) is 3.09. The van der Waals surface area contributed by atoms with Crippen molar-refractivity contribution in [1.29, 1.82) is 0 Å². The van der Waals surface area contributed by atoms with Crippen molar-refractivity contribution in [3.63, 3.8) is 0 Å². The molecule has 0 aromatic carbocycles. The molecule has 6 nitrogen and oxygen atoms in total. The number of hydrogen-bond donors (Lipinski definition) is 1. The molecule has 1 aliphatic heterocycles. The first kappa shape index (κ1) is 15.9. The molecule has 7 heteroatoms. The fourth-order valence-electron chi connectivity index (χ4n) is 2.94. The molecule has 1 N–H and O–H groups in total. The molecule has 20 heavy (non-hydrogen) atoms. The summed E-state index contributed by atoms with van der Waals surface area (Å²) >= 11 is 0. The topological polar surface area (TPSA) is 69.3 Å². The summed E-state index contributed by atoms with van der Waals surface area (Å²) in [5.74, 6) is -0.0919. The summed E-state index contributed by atoms with van der Waals surface area (Å²) in [6.45, 7) is 7.91. The van der Waals surface area contributed by atoms with Crippen LogP contribution >= 0.6 is 0 Å². The highest BCUT2D eigenvalue weighted by Gasteiger charge is 2.62. The van der Waals surface area contributed by atoms with E-state index in [0.717, 1.165) is 0 Å². The van der Waals surface area contributed by atoms with Crippen molar-refractivity contribution in [2.24, 2.45) is 0 Å². The summed E-state index contributed by atoms with van der Waals surface area (Å²) in [4.78, 5) is 11.4. The molecule has 1 saturated heterocycles. The number of carbonyl (C=O) groups excluding carboxylic acids is 1. The van der Waals surface area contributed by atoms with E-state index < -0.39 is 8.32 Å². The third-order valence-electron chi connectivity index (χ3n) is 3.64. The van der Waals surface area contributed by atoms with Crippen molar-refractivity contribution < 1.29 is 23.4 Å². The van der Waals surface area contributed by atoms with E-state index in [9.17, 15) is 4.79 Å². The molecule has 1 aliphatic carbocycles. The third kappa shape index (κ3) is 3.23. The van der Waals surface area contributed by atoms with E-state index in [1.54, 1.807) is 14.2 Å². The number of methoxy groups -OCH3 is 2. The van der Waals surface area contributed by atoms with Crippen LogP contribution in [-0.2, 0) is 23.4 Å². The summed E-state index contributed by atoms with van der Waals surface area (Å²) in [5.41, 5.74) is 0. The van der Waals surface area contributed by atoms with Gasteiger partial charge >= 0.3 is 0 Å². The Bertz CT molecular complexity index is 372. The first-order valence-corrected chi connectivity index (χ1v) is 10.4. The average molecular weight is 303 g/mol. The van der Waals surface area contributed by atoms with E-state index in [1.807, 2.05) is 0 Å². The van der Waals surface area contributed by atoms with E-state index in [0.29, 0.717) is 0 Å². The zero-order valence-corrected chi connectivity index (χ0v) is 14.0. The molecule has 1 amide bonds. The Morgan fingerprint density at radius 1 is 1.05 bits per heavy atom. The summed E-state index contributed by atoms with van der Waals surface area (Å²) in [6, 6.07) is -0.186. The highest BCUT2D eigenvalue weighted by molar-refractivity contribution is 6.69. The predicted molar refractivity (Wildman–Crippen MR) is 76.1 cm³/mol. The van der Waals surface area contributed by atoms with Crippen LogP contribution in [0, 0.1) is 0 Å². The van der Waals surface area contributed by atoms with Crippen LogP contribution in [0.5, 0.6) is 0 Å². The number of ether oxygens (including phenoxy) is 3. The van der Waals surface area contributed by atoms with E-state index in [4.69, 9.17) is 18.6 Å². The molecule has 116 valence electrons. The van der Waals surface area contributed by atoms with Gasteiger partial charge in [-0.1, -0.05) is 0 Å². The molecule has 1 saturated carbocycles. The smallest absolute Gasteiger partial charge is 0.217 e. The molecule has 0 spiro atoms. The van der Waals surface area contributed by atoms with Crippen LogP contribution in [0.15, 0.2) is 0 Å². The lowest BCUT2D eigenvalue weighted by Crippen LogP contribution is -2.62. The van der Waals surface area contributed by atoms with Crippen molar-refractivity contribution in [3.05, 3.63) is 0 Å².